The van der Waals surface area contributed by atoms with E-state index in [1.165, 1.54) is 7.11 Å². The highest BCUT2D eigenvalue weighted by Gasteiger charge is 2.47. The maximum Gasteiger partial charge on any atom is 0.306 e. The van der Waals surface area contributed by atoms with Crippen LogP contribution >= 0.6 is 0 Å². The van der Waals surface area contributed by atoms with Crippen molar-refractivity contribution in [1.29, 1.82) is 0 Å². The van der Waals surface area contributed by atoms with Crippen LogP contribution in [0, 0.1) is 0 Å². The molecule has 1 aromatic carbocycles. The first-order valence-corrected chi connectivity index (χ1v) is 6.35. The minimum absolute atomic E-state index is 0.0431. The van der Waals surface area contributed by atoms with Crippen LogP contribution < -0.4 is 0 Å². The molecular formula is C16H18O3. The largest absolute Gasteiger partial charge is 0.469 e. The molecule has 0 saturated carbocycles. The van der Waals surface area contributed by atoms with E-state index in [1.807, 2.05) is 44.2 Å². The monoisotopic (exact) mass is 258 g/mol. The normalized spacial score (nSPS) is 22.8. The summed E-state index contributed by atoms with van der Waals surface area (Å²) < 4.78 is 4.77. The molecule has 0 amide bonds. The molecule has 1 aromatic rings. The summed E-state index contributed by atoms with van der Waals surface area (Å²) in [7, 11) is 1.35. The van der Waals surface area contributed by atoms with Crippen molar-refractivity contribution in [2.24, 2.45) is 0 Å². The van der Waals surface area contributed by atoms with E-state index in [0.717, 1.165) is 16.7 Å². The highest BCUT2D eigenvalue weighted by atomic mass is 16.5. The van der Waals surface area contributed by atoms with Gasteiger partial charge in [-0.15, -0.1) is 0 Å². The van der Waals surface area contributed by atoms with Gasteiger partial charge in [0.25, 0.3) is 0 Å². The molecule has 100 valence electrons. The Bertz CT molecular complexity index is 542. The predicted octanol–water partition coefficient (Wildman–Crippen LogP) is 2.80. The summed E-state index contributed by atoms with van der Waals surface area (Å²) in [5.41, 5.74) is 1.94. The van der Waals surface area contributed by atoms with E-state index in [9.17, 15) is 9.59 Å². The summed E-state index contributed by atoms with van der Waals surface area (Å²) >= 11 is 0. The Morgan fingerprint density at radius 1 is 1.26 bits per heavy atom. The topological polar surface area (TPSA) is 43.4 Å². The third-order valence-electron chi connectivity index (χ3n) is 3.98. The molecule has 0 radical (unpaired) electrons. The Kier molecular flexibility index (Phi) is 3.56. The summed E-state index contributed by atoms with van der Waals surface area (Å²) in [4.78, 5) is 24.3. The van der Waals surface area contributed by atoms with Gasteiger partial charge in [-0.05, 0) is 31.4 Å². The molecule has 1 atom stereocenters. The van der Waals surface area contributed by atoms with Crippen LogP contribution in [0.4, 0.5) is 0 Å². The summed E-state index contributed by atoms with van der Waals surface area (Å²) in [6, 6.07) is 9.51. The number of carbonyl (C=O) groups excluding carboxylic acids is 2. The highest BCUT2D eigenvalue weighted by molar-refractivity contribution is 6.08. The van der Waals surface area contributed by atoms with E-state index in [4.69, 9.17) is 4.74 Å². The summed E-state index contributed by atoms with van der Waals surface area (Å²) in [6.07, 6.45) is 0.692. The van der Waals surface area contributed by atoms with Crippen LogP contribution in [0.2, 0.25) is 0 Å². The second kappa shape index (κ2) is 5.00. The van der Waals surface area contributed by atoms with Crippen molar-refractivity contribution in [2.75, 3.05) is 7.11 Å². The van der Waals surface area contributed by atoms with E-state index in [0.29, 0.717) is 6.42 Å². The van der Waals surface area contributed by atoms with Gasteiger partial charge in [0.1, 0.15) is 0 Å². The molecule has 0 bridgehead atoms. The van der Waals surface area contributed by atoms with Crippen molar-refractivity contribution in [3.05, 3.63) is 47.0 Å². The van der Waals surface area contributed by atoms with Crippen molar-refractivity contribution in [3.8, 4) is 0 Å². The number of Topliss-reactive ketones (excluding diaryl/α,β-unsaturated/α-hetero) is 1. The van der Waals surface area contributed by atoms with E-state index >= 15 is 0 Å². The number of carbonyl (C=O) groups is 2. The van der Waals surface area contributed by atoms with Crippen molar-refractivity contribution in [3.63, 3.8) is 0 Å². The van der Waals surface area contributed by atoms with Gasteiger partial charge in [0, 0.05) is 0 Å². The number of hydrogen-bond donors (Lipinski definition) is 0. The molecule has 2 rings (SSSR count). The van der Waals surface area contributed by atoms with Gasteiger partial charge < -0.3 is 4.74 Å². The Labute approximate surface area is 113 Å². The van der Waals surface area contributed by atoms with Gasteiger partial charge in [0.2, 0.25) is 0 Å². The average Bonchev–Trinajstić information content (AvgIpc) is 2.65. The molecule has 3 heteroatoms. The number of esters is 1. The lowest BCUT2D eigenvalue weighted by Gasteiger charge is -2.27. The molecule has 3 nitrogen and oxygen atoms in total. The van der Waals surface area contributed by atoms with Gasteiger partial charge in [-0.25, -0.2) is 0 Å². The molecule has 1 aliphatic rings. The number of hydrogen-bond acceptors (Lipinski definition) is 3. The van der Waals surface area contributed by atoms with Crippen LogP contribution in [-0.4, -0.2) is 18.9 Å². The van der Waals surface area contributed by atoms with Crippen molar-refractivity contribution in [2.45, 2.75) is 32.1 Å². The van der Waals surface area contributed by atoms with Crippen LogP contribution in [0.25, 0.3) is 0 Å². The number of ether oxygens (including phenoxy) is 1. The standard InChI is InChI=1S/C16H18O3/c1-11-9-16(10-14(17)19-3,15(18)12(11)2)13-7-5-4-6-8-13/h4-8H,9-10H2,1-3H3. The third kappa shape index (κ3) is 2.21. The lowest BCUT2D eigenvalue weighted by Crippen LogP contribution is -2.35. The SMILES string of the molecule is COC(=O)CC1(c2ccccc2)CC(C)=C(C)C1=O. The van der Waals surface area contributed by atoms with E-state index in [-0.39, 0.29) is 18.2 Å². The quantitative estimate of drug-likeness (QED) is 0.783. The van der Waals surface area contributed by atoms with Crippen LogP contribution in [-0.2, 0) is 19.7 Å². The fraction of sp³-hybridized carbons (Fsp3) is 0.375. The average molecular weight is 258 g/mol. The van der Waals surface area contributed by atoms with Crippen LogP contribution in [0.5, 0.6) is 0 Å². The zero-order valence-corrected chi connectivity index (χ0v) is 11.5. The van der Waals surface area contributed by atoms with Crippen LogP contribution in [0.15, 0.2) is 41.5 Å². The molecule has 0 saturated heterocycles. The molecular weight excluding hydrogens is 240 g/mol. The Morgan fingerprint density at radius 2 is 1.89 bits per heavy atom. The maximum absolute atomic E-state index is 12.6. The van der Waals surface area contributed by atoms with Gasteiger partial charge >= 0.3 is 5.97 Å². The molecule has 0 aromatic heterocycles. The lowest BCUT2D eigenvalue weighted by molar-refractivity contribution is -0.144. The number of ketones is 1. The second-order valence-electron chi connectivity index (χ2n) is 5.11. The molecule has 0 spiro atoms. The van der Waals surface area contributed by atoms with Crippen molar-refractivity contribution >= 4 is 11.8 Å². The molecule has 1 unspecified atom stereocenters. The van der Waals surface area contributed by atoms with Crippen LogP contribution in [0.3, 0.4) is 0 Å². The summed E-state index contributed by atoms with van der Waals surface area (Å²) in [6.45, 7) is 3.79. The number of allylic oxidation sites excluding steroid dienone is 2. The molecule has 1 aliphatic carbocycles. The predicted molar refractivity (Wildman–Crippen MR) is 72.8 cm³/mol. The van der Waals surface area contributed by atoms with E-state index in [2.05, 4.69) is 0 Å². The third-order valence-corrected chi connectivity index (χ3v) is 3.98. The van der Waals surface area contributed by atoms with Gasteiger partial charge in [-0.1, -0.05) is 35.9 Å². The first kappa shape index (κ1) is 13.5. The Hall–Kier alpha value is -1.90. The number of benzene rings is 1. The van der Waals surface area contributed by atoms with Gasteiger partial charge in [0.05, 0.1) is 18.9 Å². The van der Waals surface area contributed by atoms with Crippen molar-refractivity contribution in [1.82, 2.24) is 0 Å². The van der Waals surface area contributed by atoms with Crippen LogP contribution in [0.1, 0.15) is 32.3 Å². The number of methoxy groups -OCH3 is 1. The fourth-order valence-electron chi connectivity index (χ4n) is 2.77. The van der Waals surface area contributed by atoms with E-state index in [1.54, 1.807) is 0 Å². The highest BCUT2D eigenvalue weighted by Crippen LogP contribution is 2.44. The summed E-state index contributed by atoms with van der Waals surface area (Å²) in [5, 5.41) is 0. The minimum atomic E-state index is -0.775. The Balaban J connectivity index is 2.48. The molecule has 0 heterocycles. The van der Waals surface area contributed by atoms with Gasteiger partial charge in [-0.2, -0.15) is 0 Å². The Morgan fingerprint density at radius 3 is 2.37 bits per heavy atom. The zero-order valence-electron chi connectivity index (χ0n) is 11.5. The molecule has 0 N–H and O–H groups in total. The molecule has 0 aliphatic heterocycles. The second-order valence-corrected chi connectivity index (χ2v) is 5.11. The van der Waals surface area contributed by atoms with Gasteiger partial charge in [-0.3, -0.25) is 9.59 Å². The van der Waals surface area contributed by atoms with Gasteiger partial charge in [0.15, 0.2) is 5.78 Å². The summed E-state index contributed by atoms with van der Waals surface area (Å²) in [5.74, 6) is -0.304. The van der Waals surface area contributed by atoms with Crippen molar-refractivity contribution < 1.29 is 14.3 Å². The smallest absolute Gasteiger partial charge is 0.306 e. The first-order chi connectivity index (χ1) is 9.01. The lowest BCUT2D eigenvalue weighted by atomic mass is 9.73. The molecule has 0 fully saturated rings. The minimum Gasteiger partial charge on any atom is -0.469 e. The first-order valence-electron chi connectivity index (χ1n) is 6.35. The molecule has 19 heavy (non-hydrogen) atoms. The zero-order chi connectivity index (χ0) is 14.0. The number of rotatable bonds is 3. The fourth-order valence-corrected chi connectivity index (χ4v) is 2.77. The maximum atomic E-state index is 12.6. The van der Waals surface area contributed by atoms with E-state index < -0.39 is 5.41 Å².